The van der Waals surface area contributed by atoms with E-state index in [0.717, 1.165) is 22.3 Å². The summed E-state index contributed by atoms with van der Waals surface area (Å²) in [5.74, 6) is -0.187. The van der Waals surface area contributed by atoms with Gasteiger partial charge in [0.2, 0.25) is 0 Å². The predicted molar refractivity (Wildman–Crippen MR) is 123 cm³/mol. The zero-order valence-electron chi connectivity index (χ0n) is 18.4. The van der Waals surface area contributed by atoms with E-state index in [4.69, 9.17) is 14.2 Å². The molecular weight excluding hydrogens is 422 g/mol. The predicted octanol–water partition coefficient (Wildman–Crippen LogP) is 4.76. The van der Waals surface area contributed by atoms with Crippen molar-refractivity contribution < 1.29 is 28.9 Å². The van der Waals surface area contributed by atoms with Gasteiger partial charge in [-0.25, -0.2) is 4.79 Å². The van der Waals surface area contributed by atoms with E-state index in [1.54, 1.807) is 18.2 Å². The van der Waals surface area contributed by atoms with Crippen LogP contribution in [-0.2, 0) is 9.53 Å². The molecule has 0 bridgehead atoms. The van der Waals surface area contributed by atoms with E-state index >= 15 is 0 Å². The summed E-state index contributed by atoms with van der Waals surface area (Å²) < 4.78 is 16.2. The Balaban J connectivity index is 1.52. The normalized spacial score (nSPS) is 12.9. The number of fused-ring (bicyclic) bond motifs is 3. The van der Waals surface area contributed by atoms with Crippen LogP contribution in [0.2, 0.25) is 0 Å². The zero-order valence-corrected chi connectivity index (χ0v) is 18.4. The maximum absolute atomic E-state index is 12.7. The number of nitrogens with one attached hydrogen (secondary N) is 1. The van der Waals surface area contributed by atoms with Gasteiger partial charge in [-0.2, -0.15) is 0 Å². The first-order chi connectivity index (χ1) is 16.0. The van der Waals surface area contributed by atoms with Crippen LogP contribution < -0.4 is 14.8 Å². The molecule has 7 heteroatoms. The smallest absolute Gasteiger partial charge is 0.407 e. The summed E-state index contributed by atoms with van der Waals surface area (Å²) in [5.41, 5.74) is 4.96. The number of hydrogen-bond donors (Lipinski definition) is 2. The van der Waals surface area contributed by atoms with Crippen molar-refractivity contribution >= 4 is 12.1 Å². The molecule has 4 rings (SSSR count). The largest absolute Gasteiger partial charge is 0.497 e. The van der Waals surface area contributed by atoms with Crippen LogP contribution in [0, 0.1) is 0 Å². The summed E-state index contributed by atoms with van der Waals surface area (Å²) in [4.78, 5) is 24.2. The lowest BCUT2D eigenvalue weighted by molar-refractivity contribution is -0.137. The van der Waals surface area contributed by atoms with Gasteiger partial charge in [0, 0.05) is 11.5 Å². The molecule has 0 radical (unpaired) electrons. The van der Waals surface area contributed by atoms with Gasteiger partial charge < -0.3 is 24.6 Å². The highest BCUT2D eigenvalue weighted by Gasteiger charge is 2.30. The van der Waals surface area contributed by atoms with Crippen LogP contribution in [-0.4, -0.2) is 38.0 Å². The third-order valence-electron chi connectivity index (χ3n) is 5.83. The number of carbonyl (C=O) groups excluding carboxylic acids is 1. The van der Waals surface area contributed by atoms with Gasteiger partial charge in [0.05, 0.1) is 26.7 Å². The average Bonchev–Trinajstić information content (AvgIpc) is 3.15. The van der Waals surface area contributed by atoms with E-state index in [1.165, 1.54) is 14.2 Å². The molecule has 0 spiro atoms. The Morgan fingerprint density at radius 1 is 0.939 bits per heavy atom. The number of ether oxygens (including phenoxy) is 3. The molecular formula is C26H25NO6. The van der Waals surface area contributed by atoms with Gasteiger partial charge in [0.1, 0.15) is 18.1 Å². The van der Waals surface area contributed by atoms with Crippen LogP contribution in [0.25, 0.3) is 11.1 Å². The van der Waals surface area contributed by atoms with Crippen molar-refractivity contribution in [3.05, 3.63) is 83.4 Å². The summed E-state index contributed by atoms with van der Waals surface area (Å²) in [5, 5.41) is 12.1. The second-order valence-electron chi connectivity index (χ2n) is 7.73. The molecule has 7 nitrogen and oxygen atoms in total. The Morgan fingerprint density at radius 2 is 1.58 bits per heavy atom. The van der Waals surface area contributed by atoms with Crippen LogP contribution in [0.5, 0.6) is 11.5 Å². The van der Waals surface area contributed by atoms with Crippen molar-refractivity contribution in [3.63, 3.8) is 0 Å². The van der Waals surface area contributed by atoms with Gasteiger partial charge in [-0.1, -0.05) is 48.5 Å². The fourth-order valence-corrected chi connectivity index (χ4v) is 4.31. The van der Waals surface area contributed by atoms with Gasteiger partial charge in [-0.15, -0.1) is 0 Å². The molecule has 0 saturated heterocycles. The second kappa shape index (κ2) is 9.65. The molecule has 1 atom stereocenters. The zero-order chi connectivity index (χ0) is 23.4. The average molecular weight is 447 g/mol. The topological polar surface area (TPSA) is 94.1 Å². The minimum atomic E-state index is -1.07. The number of rotatable bonds is 8. The van der Waals surface area contributed by atoms with E-state index in [0.29, 0.717) is 17.1 Å². The van der Waals surface area contributed by atoms with Gasteiger partial charge in [-0.3, -0.25) is 4.79 Å². The number of hydrogen-bond acceptors (Lipinski definition) is 5. The summed E-state index contributed by atoms with van der Waals surface area (Å²) in [7, 11) is 2.99. The number of methoxy groups -OCH3 is 2. The summed E-state index contributed by atoms with van der Waals surface area (Å²) >= 11 is 0. The molecule has 0 heterocycles. The molecule has 0 aromatic heterocycles. The van der Waals surface area contributed by atoms with Crippen LogP contribution in [0.1, 0.15) is 35.1 Å². The molecule has 170 valence electrons. The van der Waals surface area contributed by atoms with E-state index in [-0.39, 0.29) is 18.9 Å². The highest BCUT2D eigenvalue weighted by molar-refractivity contribution is 5.79. The first-order valence-electron chi connectivity index (χ1n) is 10.6. The molecule has 33 heavy (non-hydrogen) atoms. The number of carboxylic acids is 1. The van der Waals surface area contributed by atoms with Crippen molar-refractivity contribution in [2.45, 2.75) is 18.4 Å². The Labute approximate surface area is 191 Å². The Morgan fingerprint density at radius 3 is 2.15 bits per heavy atom. The summed E-state index contributed by atoms with van der Waals surface area (Å²) in [6, 6.07) is 20.3. The third kappa shape index (κ3) is 4.62. The van der Waals surface area contributed by atoms with Crippen molar-refractivity contribution in [2.24, 2.45) is 0 Å². The number of benzene rings is 3. The summed E-state index contributed by atoms with van der Waals surface area (Å²) in [6.45, 7) is 0.134. The lowest BCUT2D eigenvalue weighted by atomic mass is 9.98. The maximum atomic E-state index is 12.7. The Bertz CT molecular complexity index is 1130. The van der Waals surface area contributed by atoms with Gasteiger partial charge >= 0.3 is 12.1 Å². The lowest BCUT2D eigenvalue weighted by Crippen LogP contribution is -2.32. The molecule has 0 unspecified atom stereocenters. The van der Waals surface area contributed by atoms with Gasteiger partial charge in [-0.05, 0) is 40.5 Å². The standard InChI is InChI=1S/C26H25NO6/c1-31-16-11-12-24(32-2)21(13-16)23(14-25(28)29)27-26(30)33-15-22-19-9-5-3-7-17(19)18-8-4-6-10-20(18)22/h3-13,22-23H,14-15H2,1-2H3,(H,27,30)(H,28,29)/t23-/m1/s1. The first-order valence-corrected chi connectivity index (χ1v) is 10.6. The van der Waals surface area contributed by atoms with Gasteiger partial charge in [0.25, 0.3) is 0 Å². The quantitative estimate of drug-likeness (QED) is 0.517. The monoisotopic (exact) mass is 447 g/mol. The van der Waals surface area contributed by atoms with Crippen molar-refractivity contribution in [1.29, 1.82) is 0 Å². The van der Waals surface area contributed by atoms with Gasteiger partial charge in [0.15, 0.2) is 0 Å². The molecule has 1 aliphatic rings. The fraction of sp³-hybridized carbons (Fsp3) is 0.231. The number of aliphatic carboxylic acids is 1. The first kappa shape index (κ1) is 22.2. The third-order valence-corrected chi connectivity index (χ3v) is 5.83. The molecule has 3 aromatic rings. The molecule has 0 fully saturated rings. The number of carbonyl (C=O) groups is 2. The number of alkyl carbamates (subject to hydrolysis) is 1. The fourth-order valence-electron chi connectivity index (χ4n) is 4.31. The molecule has 3 aromatic carbocycles. The van der Waals surface area contributed by atoms with E-state index in [9.17, 15) is 14.7 Å². The van der Waals surface area contributed by atoms with E-state index < -0.39 is 18.1 Å². The minimum absolute atomic E-state index is 0.0903. The Hall–Kier alpha value is -4.00. The van der Waals surface area contributed by atoms with Crippen LogP contribution in [0.4, 0.5) is 4.79 Å². The summed E-state index contributed by atoms with van der Waals surface area (Å²) in [6.07, 6.45) is -1.04. The highest BCUT2D eigenvalue weighted by Crippen LogP contribution is 2.44. The molecule has 0 saturated carbocycles. The Kier molecular flexibility index (Phi) is 6.49. The number of amides is 1. The maximum Gasteiger partial charge on any atom is 0.407 e. The van der Waals surface area contributed by atoms with E-state index in [2.05, 4.69) is 17.4 Å². The lowest BCUT2D eigenvalue weighted by Gasteiger charge is -2.21. The van der Waals surface area contributed by atoms with Crippen molar-refractivity contribution in [1.82, 2.24) is 5.32 Å². The van der Waals surface area contributed by atoms with Crippen LogP contribution >= 0.6 is 0 Å². The minimum Gasteiger partial charge on any atom is -0.497 e. The van der Waals surface area contributed by atoms with E-state index in [1.807, 2.05) is 36.4 Å². The SMILES string of the molecule is COc1ccc(OC)c([C@@H](CC(=O)O)NC(=O)OCC2c3ccccc3-c3ccccc32)c1. The molecule has 0 aliphatic heterocycles. The molecule has 2 N–H and O–H groups in total. The van der Waals surface area contributed by atoms with Crippen molar-refractivity contribution in [3.8, 4) is 22.6 Å². The second-order valence-corrected chi connectivity index (χ2v) is 7.73. The van der Waals surface area contributed by atoms with Crippen LogP contribution in [0.15, 0.2) is 66.7 Å². The van der Waals surface area contributed by atoms with Crippen LogP contribution in [0.3, 0.4) is 0 Å². The molecule has 1 amide bonds. The van der Waals surface area contributed by atoms with Crippen molar-refractivity contribution in [2.75, 3.05) is 20.8 Å². The molecule has 1 aliphatic carbocycles. The number of carboxylic acid groups (broad SMARTS) is 1. The highest BCUT2D eigenvalue weighted by atomic mass is 16.5.